The molecule has 2 heteroatoms. The lowest BCUT2D eigenvalue weighted by Crippen LogP contribution is -2.36. The molecule has 1 unspecified atom stereocenters. The fourth-order valence-electron chi connectivity index (χ4n) is 2.67. The Balaban J connectivity index is 1.93. The summed E-state index contributed by atoms with van der Waals surface area (Å²) in [6.45, 7) is 3.32. The van der Waals surface area contributed by atoms with Gasteiger partial charge < -0.3 is 5.32 Å². The van der Waals surface area contributed by atoms with E-state index >= 15 is 0 Å². The quantitative estimate of drug-likeness (QED) is 0.806. The van der Waals surface area contributed by atoms with E-state index in [0.29, 0.717) is 0 Å². The van der Waals surface area contributed by atoms with Gasteiger partial charge in [-0.1, -0.05) is 25.8 Å². The van der Waals surface area contributed by atoms with Crippen molar-refractivity contribution in [2.24, 2.45) is 5.92 Å². The van der Waals surface area contributed by atoms with E-state index in [1.165, 1.54) is 37.0 Å². The van der Waals surface area contributed by atoms with E-state index in [2.05, 4.69) is 29.8 Å². The summed E-state index contributed by atoms with van der Waals surface area (Å²) in [6.07, 6.45) is 6.98. The second-order valence-electron chi connectivity index (χ2n) is 4.49. The van der Waals surface area contributed by atoms with Crippen LogP contribution in [0.15, 0.2) is 17.5 Å². The highest BCUT2D eigenvalue weighted by molar-refractivity contribution is 7.09. The molecule has 1 aromatic rings. The van der Waals surface area contributed by atoms with Crippen molar-refractivity contribution in [2.75, 3.05) is 6.54 Å². The summed E-state index contributed by atoms with van der Waals surface area (Å²) in [5.41, 5.74) is 0. The number of nitrogens with one attached hydrogen (secondary N) is 1. The molecule has 0 radical (unpaired) electrons. The molecule has 1 aromatic heterocycles. The number of likely N-dealkylation sites (N-methyl/N-ethyl adjacent to an activating group) is 1. The monoisotopic (exact) mass is 223 g/mol. The van der Waals surface area contributed by atoms with Crippen LogP contribution in [0, 0.1) is 5.92 Å². The molecule has 1 N–H and O–H groups in total. The lowest BCUT2D eigenvalue weighted by Gasteiger charge is -2.23. The molecule has 0 aromatic carbocycles. The number of hydrogen-bond acceptors (Lipinski definition) is 2. The molecule has 0 aliphatic heterocycles. The highest BCUT2D eigenvalue weighted by atomic mass is 32.1. The van der Waals surface area contributed by atoms with Crippen molar-refractivity contribution in [1.82, 2.24) is 5.32 Å². The minimum absolute atomic E-state index is 0.719. The average Bonchev–Trinajstić information content (AvgIpc) is 2.89. The summed E-state index contributed by atoms with van der Waals surface area (Å²) >= 11 is 1.90. The minimum Gasteiger partial charge on any atom is -0.314 e. The third kappa shape index (κ3) is 3.05. The van der Waals surface area contributed by atoms with Crippen LogP contribution < -0.4 is 5.32 Å². The van der Waals surface area contributed by atoms with E-state index in [0.717, 1.165) is 18.5 Å². The Morgan fingerprint density at radius 3 is 2.87 bits per heavy atom. The molecule has 1 aliphatic rings. The molecular weight excluding hydrogens is 202 g/mol. The van der Waals surface area contributed by atoms with Gasteiger partial charge in [-0.05, 0) is 43.2 Å². The van der Waals surface area contributed by atoms with Crippen LogP contribution in [0.1, 0.15) is 37.5 Å². The van der Waals surface area contributed by atoms with Crippen molar-refractivity contribution in [3.05, 3.63) is 22.4 Å². The Kier molecular flexibility index (Phi) is 4.21. The van der Waals surface area contributed by atoms with E-state index < -0.39 is 0 Å². The first-order chi connectivity index (χ1) is 7.40. The molecule has 0 saturated heterocycles. The summed E-state index contributed by atoms with van der Waals surface area (Å²) < 4.78 is 0. The topological polar surface area (TPSA) is 12.0 Å². The first-order valence-electron chi connectivity index (χ1n) is 6.16. The SMILES string of the molecule is CCNC(Cc1cccs1)C1CCCC1. The van der Waals surface area contributed by atoms with E-state index in [4.69, 9.17) is 0 Å². The number of rotatable bonds is 5. The molecule has 1 nitrogen and oxygen atoms in total. The minimum atomic E-state index is 0.719. The third-order valence-corrected chi connectivity index (χ3v) is 4.34. The zero-order chi connectivity index (χ0) is 10.5. The van der Waals surface area contributed by atoms with Gasteiger partial charge >= 0.3 is 0 Å². The molecule has 84 valence electrons. The molecule has 1 fully saturated rings. The zero-order valence-corrected chi connectivity index (χ0v) is 10.4. The Hall–Kier alpha value is -0.340. The molecule has 1 aliphatic carbocycles. The van der Waals surface area contributed by atoms with Gasteiger partial charge in [0.2, 0.25) is 0 Å². The lowest BCUT2D eigenvalue weighted by molar-refractivity contribution is 0.364. The van der Waals surface area contributed by atoms with Gasteiger partial charge in [0.1, 0.15) is 0 Å². The van der Waals surface area contributed by atoms with Crippen LogP contribution in [0.3, 0.4) is 0 Å². The predicted molar refractivity (Wildman–Crippen MR) is 67.4 cm³/mol. The van der Waals surface area contributed by atoms with Crippen LogP contribution in [0.4, 0.5) is 0 Å². The molecule has 15 heavy (non-hydrogen) atoms. The molecule has 1 atom stereocenters. The van der Waals surface area contributed by atoms with Gasteiger partial charge in [0.05, 0.1) is 0 Å². The standard InChI is InChI=1S/C13H21NS/c1-2-14-13(11-6-3-4-7-11)10-12-8-5-9-15-12/h5,8-9,11,13-14H,2-4,6-7,10H2,1H3. The molecular formula is C13H21NS. The van der Waals surface area contributed by atoms with Crippen molar-refractivity contribution in [3.63, 3.8) is 0 Å². The van der Waals surface area contributed by atoms with Crippen LogP contribution in [-0.4, -0.2) is 12.6 Å². The normalized spacial score (nSPS) is 19.5. The summed E-state index contributed by atoms with van der Waals surface area (Å²) in [6, 6.07) is 5.15. The smallest absolute Gasteiger partial charge is 0.0143 e. The Morgan fingerprint density at radius 1 is 1.47 bits per heavy atom. The Bertz CT molecular complexity index is 262. The van der Waals surface area contributed by atoms with E-state index in [1.54, 1.807) is 0 Å². The highest BCUT2D eigenvalue weighted by Gasteiger charge is 2.24. The molecule has 1 saturated carbocycles. The van der Waals surface area contributed by atoms with Crippen LogP contribution in [0.5, 0.6) is 0 Å². The number of thiophene rings is 1. The fraction of sp³-hybridized carbons (Fsp3) is 0.692. The van der Waals surface area contributed by atoms with Crippen molar-refractivity contribution < 1.29 is 0 Å². The van der Waals surface area contributed by atoms with Gasteiger partial charge in [0.25, 0.3) is 0 Å². The first kappa shape index (κ1) is 11.2. The van der Waals surface area contributed by atoms with Crippen LogP contribution in [0.2, 0.25) is 0 Å². The highest BCUT2D eigenvalue weighted by Crippen LogP contribution is 2.29. The largest absolute Gasteiger partial charge is 0.314 e. The fourth-order valence-corrected chi connectivity index (χ4v) is 3.44. The molecule has 2 rings (SSSR count). The van der Waals surface area contributed by atoms with E-state index in [-0.39, 0.29) is 0 Å². The van der Waals surface area contributed by atoms with Gasteiger partial charge in [0.15, 0.2) is 0 Å². The molecule has 0 amide bonds. The van der Waals surface area contributed by atoms with E-state index in [1.807, 2.05) is 11.3 Å². The second kappa shape index (κ2) is 5.66. The summed E-state index contributed by atoms with van der Waals surface area (Å²) in [5, 5.41) is 5.86. The molecule has 1 heterocycles. The predicted octanol–water partition coefficient (Wildman–Crippen LogP) is 3.46. The third-order valence-electron chi connectivity index (χ3n) is 3.44. The zero-order valence-electron chi connectivity index (χ0n) is 9.54. The van der Waals surface area contributed by atoms with Crippen molar-refractivity contribution in [3.8, 4) is 0 Å². The van der Waals surface area contributed by atoms with Gasteiger partial charge in [-0.15, -0.1) is 11.3 Å². The van der Waals surface area contributed by atoms with Gasteiger partial charge in [-0.3, -0.25) is 0 Å². The average molecular weight is 223 g/mol. The Labute approximate surface area is 96.9 Å². The van der Waals surface area contributed by atoms with Gasteiger partial charge in [-0.2, -0.15) is 0 Å². The molecule has 0 spiro atoms. The molecule has 0 bridgehead atoms. The van der Waals surface area contributed by atoms with Crippen molar-refractivity contribution >= 4 is 11.3 Å². The van der Waals surface area contributed by atoms with Crippen molar-refractivity contribution in [2.45, 2.75) is 45.1 Å². The second-order valence-corrected chi connectivity index (χ2v) is 5.52. The number of hydrogen-bond donors (Lipinski definition) is 1. The Morgan fingerprint density at radius 2 is 2.27 bits per heavy atom. The maximum atomic E-state index is 3.67. The maximum Gasteiger partial charge on any atom is 0.0143 e. The maximum absolute atomic E-state index is 3.67. The van der Waals surface area contributed by atoms with Crippen LogP contribution in [-0.2, 0) is 6.42 Å². The van der Waals surface area contributed by atoms with Gasteiger partial charge in [0, 0.05) is 10.9 Å². The van der Waals surface area contributed by atoms with Crippen molar-refractivity contribution in [1.29, 1.82) is 0 Å². The summed E-state index contributed by atoms with van der Waals surface area (Å²) in [7, 11) is 0. The summed E-state index contributed by atoms with van der Waals surface area (Å²) in [4.78, 5) is 1.54. The summed E-state index contributed by atoms with van der Waals surface area (Å²) in [5.74, 6) is 0.923. The van der Waals surface area contributed by atoms with E-state index in [9.17, 15) is 0 Å². The van der Waals surface area contributed by atoms with Crippen LogP contribution in [0.25, 0.3) is 0 Å². The van der Waals surface area contributed by atoms with Gasteiger partial charge in [-0.25, -0.2) is 0 Å². The lowest BCUT2D eigenvalue weighted by atomic mass is 9.95. The first-order valence-corrected chi connectivity index (χ1v) is 7.04. The van der Waals surface area contributed by atoms with Crippen LogP contribution >= 0.6 is 11.3 Å².